The minimum atomic E-state index is -0.155. The van der Waals surface area contributed by atoms with Crippen LogP contribution in [0, 0.1) is 17.8 Å². The van der Waals surface area contributed by atoms with Crippen LogP contribution in [0.5, 0.6) is 0 Å². The SMILES string of the molecule is O=C(NC12CC3CC(CC(C3)C1)C2)C1CCCO1. The second kappa shape index (κ2) is 3.96. The fourth-order valence-corrected chi connectivity index (χ4v) is 5.39. The second-order valence-electron chi connectivity index (χ2n) is 7.19. The third-order valence-electron chi connectivity index (χ3n) is 5.65. The van der Waals surface area contributed by atoms with Gasteiger partial charge in [0.2, 0.25) is 5.91 Å². The molecule has 0 aromatic rings. The molecule has 0 aromatic carbocycles. The van der Waals surface area contributed by atoms with E-state index in [-0.39, 0.29) is 17.6 Å². The van der Waals surface area contributed by atoms with Crippen molar-refractivity contribution >= 4 is 5.91 Å². The highest BCUT2D eigenvalue weighted by Gasteiger charge is 2.51. The van der Waals surface area contributed by atoms with Gasteiger partial charge in [-0.05, 0) is 69.1 Å². The number of nitrogens with one attached hydrogen (secondary N) is 1. The zero-order valence-electron chi connectivity index (χ0n) is 11.0. The average Bonchev–Trinajstić information content (AvgIpc) is 2.79. The van der Waals surface area contributed by atoms with Crippen molar-refractivity contribution in [3.63, 3.8) is 0 Å². The first-order valence-electron chi connectivity index (χ1n) is 7.66. The van der Waals surface area contributed by atoms with Crippen LogP contribution in [0.25, 0.3) is 0 Å². The van der Waals surface area contributed by atoms with E-state index < -0.39 is 0 Å². The molecule has 18 heavy (non-hydrogen) atoms. The minimum Gasteiger partial charge on any atom is -0.368 e. The summed E-state index contributed by atoms with van der Waals surface area (Å²) in [5.74, 6) is 2.84. The second-order valence-corrected chi connectivity index (χ2v) is 7.19. The van der Waals surface area contributed by atoms with Gasteiger partial charge in [-0.15, -0.1) is 0 Å². The molecule has 1 amide bonds. The van der Waals surface area contributed by atoms with Gasteiger partial charge in [-0.25, -0.2) is 0 Å². The largest absolute Gasteiger partial charge is 0.368 e. The van der Waals surface area contributed by atoms with Gasteiger partial charge in [-0.1, -0.05) is 0 Å². The number of hydrogen-bond acceptors (Lipinski definition) is 2. The lowest BCUT2D eigenvalue weighted by atomic mass is 9.53. The first-order valence-corrected chi connectivity index (χ1v) is 7.66. The number of amides is 1. The number of carbonyl (C=O) groups is 1. The molecule has 4 aliphatic carbocycles. The zero-order chi connectivity index (χ0) is 12.2. The molecule has 0 radical (unpaired) electrons. The fourth-order valence-electron chi connectivity index (χ4n) is 5.39. The van der Waals surface area contributed by atoms with Crippen molar-refractivity contribution < 1.29 is 9.53 Å². The Morgan fingerprint density at radius 3 is 2.17 bits per heavy atom. The van der Waals surface area contributed by atoms with E-state index >= 15 is 0 Å². The Morgan fingerprint density at radius 2 is 1.67 bits per heavy atom. The Bertz CT molecular complexity index is 324. The maximum Gasteiger partial charge on any atom is 0.249 e. The molecule has 100 valence electrons. The van der Waals surface area contributed by atoms with Gasteiger partial charge in [0.15, 0.2) is 0 Å². The first kappa shape index (κ1) is 11.3. The Balaban J connectivity index is 1.48. The Morgan fingerprint density at radius 1 is 1.06 bits per heavy atom. The standard InChI is InChI=1S/C15H23NO2/c17-14(13-2-1-3-18-13)16-15-7-10-4-11(8-15)6-12(5-10)9-15/h10-13H,1-9H2,(H,16,17). The molecular weight excluding hydrogens is 226 g/mol. The number of carbonyl (C=O) groups excluding carboxylic acids is 1. The van der Waals surface area contributed by atoms with Crippen LogP contribution in [0.1, 0.15) is 51.4 Å². The summed E-state index contributed by atoms with van der Waals surface area (Å²) in [5, 5.41) is 3.40. The summed E-state index contributed by atoms with van der Waals surface area (Å²) in [6.45, 7) is 0.763. The summed E-state index contributed by atoms with van der Waals surface area (Å²) < 4.78 is 5.52. The monoisotopic (exact) mass is 249 g/mol. The highest BCUT2D eigenvalue weighted by atomic mass is 16.5. The van der Waals surface area contributed by atoms with Crippen LogP contribution in [0.2, 0.25) is 0 Å². The highest BCUT2D eigenvalue weighted by molar-refractivity contribution is 5.81. The maximum atomic E-state index is 12.3. The van der Waals surface area contributed by atoms with Crippen molar-refractivity contribution in [3.8, 4) is 0 Å². The molecule has 1 N–H and O–H groups in total. The van der Waals surface area contributed by atoms with Gasteiger partial charge in [-0.3, -0.25) is 4.79 Å². The normalized spacial score (nSPS) is 49.6. The van der Waals surface area contributed by atoms with Gasteiger partial charge >= 0.3 is 0 Å². The smallest absolute Gasteiger partial charge is 0.249 e. The number of rotatable bonds is 2. The van der Waals surface area contributed by atoms with Crippen molar-refractivity contribution in [1.29, 1.82) is 0 Å². The lowest BCUT2D eigenvalue weighted by Gasteiger charge is -2.57. The summed E-state index contributed by atoms with van der Waals surface area (Å²) in [7, 11) is 0. The summed E-state index contributed by atoms with van der Waals surface area (Å²) in [4.78, 5) is 12.3. The van der Waals surface area contributed by atoms with Crippen LogP contribution in [-0.2, 0) is 9.53 Å². The predicted molar refractivity (Wildman–Crippen MR) is 68.0 cm³/mol. The Labute approximate surface area is 109 Å². The van der Waals surface area contributed by atoms with Crippen molar-refractivity contribution in [3.05, 3.63) is 0 Å². The molecule has 1 atom stereocenters. The van der Waals surface area contributed by atoms with E-state index in [0.29, 0.717) is 0 Å². The number of hydrogen-bond donors (Lipinski definition) is 1. The molecular formula is C15H23NO2. The lowest BCUT2D eigenvalue weighted by Crippen LogP contribution is -2.61. The van der Waals surface area contributed by atoms with Gasteiger partial charge in [0.1, 0.15) is 6.10 Å². The van der Waals surface area contributed by atoms with Crippen LogP contribution in [0.3, 0.4) is 0 Å². The molecule has 1 saturated heterocycles. The molecule has 3 heteroatoms. The van der Waals surface area contributed by atoms with E-state index in [2.05, 4.69) is 5.32 Å². The van der Waals surface area contributed by atoms with Crippen LogP contribution < -0.4 is 5.32 Å². The molecule has 5 fully saturated rings. The third kappa shape index (κ3) is 1.78. The van der Waals surface area contributed by atoms with E-state index in [1.165, 1.54) is 38.5 Å². The van der Waals surface area contributed by atoms with Gasteiger partial charge < -0.3 is 10.1 Å². The maximum absolute atomic E-state index is 12.3. The lowest BCUT2D eigenvalue weighted by molar-refractivity contribution is -0.135. The predicted octanol–water partition coefficient (Wildman–Crippen LogP) is 2.25. The van der Waals surface area contributed by atoms with E-state index in [9.17, 15) is 4.79 Å². The first-order chi connectivity index (χ1) is 8.72. The van der Waals surface area contributed by atoms with Gasteiger partial charge in [0.05, 0.1) is 0 Å². The van der Waals surface area contributed by atoms with Crippen molar-refractivity contribution in [2.45, 2.75) is 63.0 Å². The summed E-state index contributed by atoms with van der Waals surface area (Å²) in [6, 6.07) is 0. The molecule has 4 saturated carbocycles. The van der Waals surface area contributed by atoms with Crippen molar-refractivity contribution in [2.24, 2.45) is 17.8 Å². The Hall–Kier alpha value is -0.570. The van der Waals surface area contributed by atoms with Gasteiger partial charge in [0, 0.05) is 12.1 Å². The van der Waals surface area contributed by atoms with E-state index in [1.54, 1.807) is 0 Å². The summed E-state index contributed by atoms with van der Waals surface area (Å²) >= 11 is 0. The highest BCUT2D eigenvalue weighted by Crippen LogP contribution is 2.55. The fraction of sp³-hybridized carbons (Fsp3) is 0.933. The molecule has 4 bridgehead atoms. The van der Waals surface area contributed by atoms with Crippen molar-refractivity contribution in [2.75, 3.05) is 6.61 Å². The summed E-state index contributed by atoms with van der Waals surface area (Å²) in [5.41, 5.74) is 0.151. The molecule has 0 aromatic heterocycles. The Kier molecular flexibility index (Phi) is 2.48. The third-order valence-corrected chi connectivity index (χ3v) is 5.65. The molecule has 5 rings (SSSR count). The molecule has 3 nitrogen and oxygen atoms in total. The topological polar surface area (TPSA) is 38.3 Å². The van der Waals surface area contributed by atoms with Crippen LogP contribution in [0.4, 0.5) is 0 Å². The van der Waals surface area contributed by atoms with E-state index in [1.807, 2.05) is 0 Å². The van der Waals surface area contributed by atoms with Crippen LogP contribution in [-0.4, -0.2) is 24.2 Å². The molecule has 5 aliphatic rings. The summed E-state index contributed by atoms with van der Waals surface area (Å²) in [6.07, 6.45) is 9.78. The average molecular weight is 249 g/mol. The van der Waals surface area contributed by atoms with E-state index in [0.717, 1.165) is 37.2 Å². The zero-order valence-corrected chi connectivity index (χ0v) is 11.0. The minimum absolute atomic E-state index is 0.151. The van der Waals surface area contributed by atoms with Crippen LogP contribution in [0.15, 0.2) is 0 Å². The van der Waals surface area contributed by atoms with Crippen LogP contribution >= 0.6 is 0 Å². The quantitative estimate of drug-likeness (QED) is 0.815. The molecule has 1 aliphatic heterocycles. The van der Waals surface area contributed by atoms with Gasteiger partial charge in [0.25, 0.3) is 0 Å². The molecule has 1 unspecified atom stereocenters. The molecule has 0 spiro atoms. The number of ether oxygens (including phenoxy) is 1. The molecule has 1 heterocycles. The van der Waals surface area contributed by atoms with E-state index in [4.69, 9.17) is 4.74 Å². The van der Waals surface area contributed by atoms with Crippen molar-refractivity contribution in [1.82, 2.24) is 5.32 Å². The van der Waals surface area contributed by atoms with Gasteiger partial charge in [-0.2, -0.15) is 0 Å².